The number of hydrogen-bond donors (Lipinski definition) is 0. The molecule has 16 heavy (non-hydrogen) atoms. The maximum absolute atomic E-state index is 11.2. The molecule has 1 fully saturated rings. The molecule has 0 aromatic heterocycles. The summed E-state index contributed by atoms with van der Waals surface area (Å²) in [7, 11) is 0. The Kier molecular flexibility index (Phi) is 5.79. The normalized spacial score (nSPS) is 18.4. The molecule has 1 saturated heterocycles. The highest BCUT2D eigenvalue weighted by atomic mass is 32.2. The second kappa shape index (κ2) is 6.88. The first-order valence-corrected chi connectivity index (χ1v) is 6.23. The predicted octanol–water partition coefficient (Wildman–Crippen LogP) is 0.613. The van der Waals surface area contributed by atoms with E-state index in [0.717, 1.165) is 0 Å². The van der Waals surface area contributed by atoms with Crippen molar-refractivity contribution >= 4 is 23.5 Å². The number of carbonyl (C=O) groups is 2. The Labute approximate surface area is 98.8 Å². The standard InChI is InChI=1S/C10H16O5S/c1-7(11)9(15-8(2)12)5-16-6-10-13-3-4-14-10/h9-10H,3-6H2,1-2H3. The van der Waals surface area contributed by atoms with Gasteiger partial charge in [-0.1, -0.05) is 0 Å². The quantitative estimate of drug-likeness (QED) is 0.642. The van der Waals surface area contributed by atoms with Crippen LogP contribution in [0.4, 0.5) is 0 Å². The van der Waals surface area contributed by atoms with Gasteiger partial charge >= 0.3 is 5.97 Å². The molecule has 0 saturated carbocycles. The molecular weight excluding hydrogens is 232 g/mol. The van der Waals surface area contributed by atoms with Crippen molar-refractivity contribution in [3.8, 4) is 0 Å². The number of hydrogen-bond acceptors (Lipinski definition) is 6. The minimum Gasteiger partial charge on any atom is -0.454 e. The number of Topliss-reactive ketones (excluding diaryl/α,β-unsaturated/α-hetero) is 1. The Morgan fingerprint density at radius 2 is 2.00 bits per heavy atom. The average molecular weight is 248 g/mol. The third-order valence-corrected chi connectivity index (χ3v) is 3.02. The first-order valence-electron chi connectivity index (χ1n) is 5.08. The number of ketones is 1. The Morgan fingerprint density at radius 3 is 2.50 bits per heavy atom. The molecule has 1 aliphatic rings. The van der Waals surface area contributed by atoms with Crippen LogP contribution in [0.3, 0.4) is 0 Å². The SMILES string of the molecule is CC(=O)OC(CSCC1OCCO1)C(C)=O. The van der Waals surface area contributed by atoms with Crippen LogP contribution in [0.15, 0.2) is 0 Å². The van der Waals surface area contributed by atoms with Gasteiger partial charge in [0.05, 0.1) is 13.2 Å². The van der Waals surface area contributed by atoms with Crippen molar-refractivity contribution in [1.29, 1.82) is 0 Å². The van der Waals surface area contributed by atoms with Crippen LogP contribution in [0, 0.1) is 0 Å². The van der Waals surface area contributed by atoms with E-state index >= 15 is 0 Å². The lowest BCUT2D eigenvalue weighted by Gasteiger charge is -2.14. The summed E-state index contributed by atoms with van der Waals surface area (Å²) in [5, 5.41) is 0. The zero-order valence-electron chi connectivity index (χ0n) is 9.43. The molecular formula is C10H16O5S. The summed E-state index contributed by atoms with van der Waals surface area (Å²) in [6, 6.07) is 0. The minimum atomic E-state index is -0.663. The topological polar surface area (TPSA) is 61.8 Å². The van der Waals surface area contributed by atoms with Gasteiger partial charge in [0.25, 0.3) is 0 Å². The van der Waals surface area contributed by atoms with E-state index in [1.165, 1.54) is 25.6 Å². The van der Waals surface area contributed by atoms with Crippen molar-refractivity contribution in [2.24, 2.45) is 0 Å². The van der Waals surface area contributed by atoms with Gasteiger partial charge in [-0.25, -0.2) is 0 Å². The molecule has 92 valence electrons. The van der Waals surface area contributed by atoms with Gasteiger partial charge < -0.3 is 14.2 Å². The van der Waals surface area contributed by atoms with Crippen LogP contribution >= 0.6 is 11.8 Å². The van der Waals surface area contributed by atoms with Crippen molar-refractivity contribution in [1.82, 2.24) is 0 Å². The highest BCUT2D eigenvalue weighted by Crippen LogP contribution is 2.14. The average Bonchev–Trinajstić information content (AvgIpc) is 2.68. The fourth-order valence-corrected chi connectivity index (χ4v) is 2.25. The third kappa shape index (κ3) is 4.96. The molecule has 0 aromatic carbocycles. The van der Waals surface area contributed by atoms with E-state index in [1.807, 2.05) is 0 Å². The molecule has 0 radical (unpaired) electrons. The Balaban J connectivity index is 2.21. The third-order valence-electron chi connectivity index (χ3n) is 1.98. The van der Waals surface area contributed by atoms with Crippen molar-refractivity contribution in [2.45, 2.75) is 26.2 Å². The van der Waals surface area contributed by atoms with E-state index in [0.29, 0.717) is 24.7 Å². The van der Waals surface area contributed by atoms with Gasteiger partial charge in [-0.15, -0.1) is 0 Å². The van der Waals surface area contributed by atoms with E-state index in [2.05, 4.69) is 0 Å². The molecule has 1 unspecified atom stereocenters. The molecule has 0 amide bonds. The lowest BCUT2D eigenvalue weighted by molar-refractivity contribution is -0.150. The zero-order valence-corrected chi connectivity index (χ0v) is 10.2. The summed E-state index contributed by atoms with van der Waals surface area (Å²) in [4.78, 5) is 21.9. The molecule has 1 atom stereocenters. The van der Waals surface area contributed by atoms with E-state index in [-0.39, 0.29) is 12.1 Å². The molecule has 0 aliphatic carbocycles. The smallest absolute Gasteiger partial charge is 0.303 e. The number of esters is 1. The van der Waals surface area contributed by atoms with E-state index in [4.69, 9.17) is 14.2 Å². The first-order chi connectivity index (χ1) is 7.59. The maximum Gasteiger partial charge on any atom is 0.303 e. The van der Waals surface area contributed by atoms with Crippen LogP contribution in [-0.4, -0.2) is 48.9 Å². The first kappa shape index (κ1) is 13.5. The summed E-state index contributed by atoms with van der Waals surface area (Å²) in [6.07, 6.45) is -0.862. The van der Waals surface area contributed by atoms with E-state index in [1.54, 1.807) is 0 Å². The van der Waals surface area contributed by atoms with Gasteiger partial charge in [0.2, 0.25) is 0 Å². The lowest BCUT2D eigenvalue weighted by atomic mass is 10.3. The van der Waals surface area contributed by atoms with Crippen LogP contribution < -0.4 is 0 Å². The van der Waals surface area contributed by atoms with Crippen LogP contribution in [0.2, 0.25) is 0 Å². The number of rotatable bonds is 6. The molecule has 0 bridgehead atoms. The zero-order chi connectivity index (χ0) is 12.0. The fraction of sp³-hybridized carbons (Fsp3) is 0.800. The molecule has 5 nitrogen and oxygen atoms in total. The molecule has 1 heterocycles. The fourth-order valence-electron chi connectivity index (χ4n) is 1.21. The van der Waals surface area contributed by atoms with Gasteiger partial charge in [0.1, 0.15) is 0 Å². The summed E-state index contributed by atoms with van der Waals surface area (Å²) in [6.45, 7) is 3.94. The summed E-state index contributed by atoms with van der Waals surface area (Å²) >= 11 is 1.48. The van der Waals surface area contributed by atoms with Crippen LogP contribution in [0.1, 0.15) is 13.8 Å². The molecule has 0 N–H and O–H groups in total. The molecule has 1 rings (SSSR count). The van der Waals surface area contributed by atoms with Gasteiger partial charge in [-0.2, -0.15) is 11.8 Å². The van der Waals surface area contributed by atoms with E-state index in [9.17, 15) is 9.59 Å². The van der Waals surface area contributed by atoms with Crippen LogP contribution in [0.5, 0.6) is 0 Å². The molecule has 0 spiro atoms. The van der Waals surface area contributed by atoms with Gasteiger partial charge in [-0.3, -0.25) is 9.59 Å². The minimum absolute atomic E-state index is 0.143. The van der Waals surface area contributed by atoms with Crippen molar-refractivity contribution in [3.05, 3.63) is 0 Å². The van der Waals surface area contributed by atoms with E-state index < -0.39 is 12.1 Å². The second-order valence-corrected chi connectivity index (χ2v) is 4.49. The molecule has 6 heteroatoms. The summed E-state index contributed by atoms with van der Waals surface area (Å²) < 4.78 is 15.4. The number of carbonyl (C=O) groups excluding carboxylic acids is 2. The van der Waals surface area contributed by atoms with Gasteiger partial charge in [0.15, 0.2) is 18.2 Å². The maximum atomic E-state index is 11.2. The highest BCUT2D eigenvalue weighted by molar-refractivity contribution is 7.99. The summed E-state index contributed by atoms with van der Waals surface area (Å²) in [5.74, 6) is 0.508. The predicted molar refractivity (Wildman–Crippen MR) is 59.3 cm³/mol. The van der Waals surface area contributed by atoms with Gasteiger partial charge in [-0.05, 0) is 6.92 Å². The lowest BCUT2D eigenvalue weighted by Crippen LogP contribution is -2.27. The van der Waals surface area contributed by atoms with Crippen molar-refractivity contribution in [3.63, 3.8) is 0 Å². The van der Waals surface area contributed by atoms with Gasteiger partial charge in [0, 0.05) is 18.4 Å². The van der Waals surface area contributed by atoms with Crippen LogP contribution in [0.25, 0.3) is 0 Å². The Hall–Kier alpha value is -0.590. The number of thioether (sulfide) groups is 1. The monoisotopic (exact) mass is 248 g/mol. The second-order valence-electron chi connectivity index (χ2n) is 3.42. The Bertz CT molecular complexity index is 250. The Morgan fingerprint density at radius 1 is 1.38 bits per heavy atom. The molecule has 0 aromatic rings. The molecule has 1 aliphatic heterocycles. The van der Waals surface area contributed by atoms with Crippen molar-refractivity contribution < 1.29 is 23.8 Å². The highest BCUT2D eigenvalue weighted by Gasteiger charge is 2.20. The van der Waals surface area contributed by atoms with Crippen molar-refractivity contribution in [2.75, 3.05) is 24.7 Å². The number of ether oxygens (including phenoxy) is 3. The van der Waals surface area contributed by atoms with Crippen LogP contribution in [-0.2, 0) is 23.8 Å². The largest absolute Gasteiger partial charge is 0.454 e. The summed E-state index contributed by atoms with van der Waals surface area (Å²) in [5.41, 5.74) is 0.